The molecule has 0 heterocycles. The molecule has 0 aliphatic heterocycles. The average molecular weight is 394 g/mol. The Bertz CT molecular complexity index is 601. The molecule has 1 rings (SSSR count). The third kappa shape index (κ3) is 10.7. The molecule has 0 atom stereocenters. The van der Waals surface area contributed by atoms with E-state index in [1.165, 1.54) is 23.9 Å². The van der Waals surface area contributed by atoms with Crippen LogP contribution in [0.15, 0.2) is 24.3 Å². The highest BCUT2D eigenvalue weighted by Crippen LogP contribution is 2.24. The molecule has 1 aromatic carbocycles. The number of hydrogen-bond donors (Lipinski definition) is 2. The lowest BCUT2D eigenvalue weighted by atomic mass is 10.2. The highest BCUT2D eigenvalue weighted by atomic mass is 32.2. The summed E-state index contributed by atoms with van der Waals surface area (Å²) in [6, 6.07) is 4.85. The van der Waals surface area contributed by atoms with E-state index >= 15 is 0 Å². The van der Waals surface area contributed by atoms with Gasteiger partial charge in [0.05, 0.1) is 5.75 Å². The molecule has 0 unspecified atom stereocenters. The van der Waals surface area contributed by atoms with E-state index in [1.54, 1.807) is 20.8 Å². The van der Waals surface area contributed by atoms with Crippen LogP contribution in [0.3, 0.4) is 0 Å². The van der Waals surface area contributed by atoms with Gasteiger partial charge in [-0.25, -0.2) is 4.79 Å². The van der Waals surface area contributed by atoms with E-state index < -0.39 is 18.1 Å². The Morgan fingerprint density at radius 1 is 1.12 bits per heavy atom. The summed E-state index contributed by atoms with van der Waals surface area (Å²) in [5.41, 5.74) is -0.213. The Hall–Kier alpha value is -2.10. The van der Waals surface area contributed by atoms with Gasteiger partial charge in [-0.1, -0.05) is 0 Å². The van der Waals surface area contributed by atoms with E-state index in [-0.39, 0.29) is 17.4 Å². The van der Waals surface area contributed by atoms with Gasteiger partial charge in [0.25, 0.3) is 0 Å². The number of halogens is 3. The van der Waals surface area contributed by atoms with E-state index in [2.05, 4.69) is 15.4 Å². The fourth-order valence-electron chi connectivity index (χ4n) is 1.64. The maximum atomic E-state index is 12.1. The number of amides is 2. The lowest BCUT2D eigenvalue weighted by Gasteiger charge is -2.19. The van der Waals surface area contributed by atoms with Crippen LogP contribution in [0, 0.1) is 0 Å². The van der Waals surface area contributed by atoms with Crippen LogP contribution in [0.2, 0.25) is 0 Å². The van der Waals surface area contributed by atoms with Crippen LogP contribution in [-0.4, -0.2) is 42.0 Å². The van der Waals surface area contributed by atoms with Gasteiger partial charge in [0, 0.05) is 18.0 Å². The maximum absolute atomic E-state index is 12.1. The van der Waals surface area contributed by atoms with Crippen LogP contribution in [-0.2, 0) is 9.53 Å². The van der Waals surface area contributed by atoms with Crippen LogP contribution in [0.25, 0.3) is 0 Å². The molecular formula is C16H21F3N2O4S. The lowest BCUT2D eigenvalue weighted by molar-refractivity contribution is -0.274. The molecule has 10 heteroatoms. The number of benzene rings is 1. The molecule has 0 saturated carbocycles. The predicted octanol–water partition coefficient (Wildman–Crippen LogP) is 3.78. The van der Waals surface area contributed by atoms with Crippen LogP contribution >= 0.6 is 11.8 Å². The van der Waals surface area contributed by atoms with Crippen molar-refractivity contribution < 1.29 is 32.2 Å². The number of carbonyl (C=O) groups excluding carboxylic acids is 2. The molecule has 0 radical (unpaired) electrons. The Balaban J connectivity index is 2.23. The predicted molar refractivity (Wildman–Crippen MR) is 93.3 cm³/mol. The minimum Gasteiger partial charge on any atom is -0.444 e. The van der Waals surface area contributed by atoms with Crippen LogP contribution in [0.1, 0.15) is 20.8 Å². The Kier molecular flexibility index (Phi) is 8.07. The quantitative estimate of drug-likeness (QED) is 0.689. The summed E-state index contributed by atoms with van der Waals surface area (Å²) in [5.74, 6) is -0.0307. The van der Waals surface area contributed by atoms with Crippen molar-refractivity contribution in [2.45, 2.75) is 32.7 Å². The van der Waals surface area contributed by atoms with Gasteiger partial charge in [-0.05, 0) is 45.0 Å². The van der Waals surface area contributed by atoms with Gasteiger partial charge in [0.1, 0.15) is 11.4 Å². The minimum absolute atomic E-state index is 0.136. The molecular weight excluding hydrogens is 373 g/mol. The number of hydrogen-bond acceptors (Lipinski definition) is 5. The molecule has 0 aliphatic carbocycles. The van der Waals surface area contributed by atoms with Gasteiger partial charge >= 0.3 is 12.5 Å². The zero-order chi connectivity index (χ0) is 19.8. The monoisotopic (exact) mass is 394 g/mol. The van der Waals surface area contributed by atoms with Crippen molar-refractivity contribution in [3.05, 3.63) is 24.3 Å². The number of carbonyl (C=O) groups is 2. The van der Waals surface area contributed by atoms with Gasteiger partial charge in [0.15, 0.2) is 0 Å². The summed E-state index contributed by atoms with van der Waals surface area (Å²) in [5, 5.41) is 5.12. The van der Waals surface area contributed by atoms with Crippen molar-refractivity contribution in [2.75, 3.05) is 23.4 Å². The van der Waals surface area contributed by atoms with Crippen molar-refractivity contribution in [3.8, 4) is 5.75 Å². The van der Waals surface area contributed by atoms with E-state index in [0.29, 0.717) is 18.0 Å². The van der Waals surface area contributed by atoms with Crippen LogP contribution < -0.4 is 15.4 Å². The van der Waals surface area contributed by atoms with Crippen molar-refractivity contribution in [1.29, 1.82) is 0 Å². The fourth-order valence-corrected chi connectivity index (χ4v) is 2.29. The second kappa shape index (κ2) is 9.56. The smallest absolute Gasteiger partial charge is 0.444 e. The molecule has 2 N–H and O–H groups in total. The first-order valence-corrected chi connectivity index (χ1v) is 8.80. The number of rotatable bonds is 7. The van der Waals surface area contributed by atoms with Gasteiger partial charge in [0.2, 0.25) is 5.91 Å². The second-order valence-corrected chi connectivity index (χ2v) is 7.21. The minimum atomic E-state index is -4.76. The molecule has 0 aromatic heterocycles. The molecule has 1 aromatic rings. The first-order chi connectivity index (χ1) is 11.9. The molecule has 0 aliphatic rings. The number of ether oxygens (including phenoxy) is 2. The van der Waals surface area contributed by atoms with Gasteiger partial charge in [-0.3, -0.25) is 4.79 Å². The average Bonchev–Trinajstić information content (AvgIpc) is 2.45. The highest BCUT2D eigenvalue weighted by molar-refractivity contribution is 7.99. The van der Waals surface area contributed by atoms with Crippen molar-refractivity contribution in [2.24, 2.45) is 0 Å². The zero-order valence-corrected chi connectivity index (χ0v) is 15.4. The standard InChI is InChI=1S/C16H21F3N2O4S/c1-15(2,3)25-14(23)20-8-9-26-10-13(22)21-11-4-6-12(7-5-11)24-16(17,18)19/h4-7H,8-10H2,1-3H3,(H,20,23)(H,21,22). The number of nitrogens with one attached hydrogen (secondary N) is 2. The second-order valence-electron chi connectivity index (χ2n) is 6.10. The van der Waals surface area contributed by atoms with E-state index in [4.69, 9.17) is 4.74 Å². The molecule has 0 bridgehead atoms. The Morgan fingerprint density at radius 3 is 2.27 bits per heavy atom. The molecule has 0 spiro atoms. The molecule has 0 fully saturated rings. The first kappa shape index (κ1) is 21.9. The first-order valence-electron chi connectivity index (χ1n) is 7.65. The number of thioether (sulfide) groups is 1. The third-order valence-electron chi connectivity index (χ3n) is 2.52. The molecule has 0 saturated heterocycles. The highest BCUT2D eigenvalue weighted by Gasteiger charge is 2.30. The number of alkyl halides is 3. The zero-order valence-electron chi connectivity index (χ0n) is 14.6. The van der Waals surface area contributed by atoms with Crippen molar-refractivity contribution in [1.82, 2.24) is 5.32 Å². The number of anilines is 1. The van der Waals surface area contributed by atoms with Crippen LogP contribution in [0.5, 0.6) is 5.75 Å². The van der Waals surface area contributed by atoms with Gasteiger partial charge < -0.3 is 20.1 Å². The van der Waals surface area contributed by atoms with Crippen LogP contribution in [0.4, 0.5) is 23.7 Å². The molecule has 2 amide bonds. The summed E-state index contributed by atoms with van der Waals surface area (Å²) in [6.07, 6.45) is -5.28. The SMILES string of the molecule is CC(C)(C)OC(=O)NCCSCC(=O)Nc1ccc(OC(F)(F)F)cc1. The Labute approximate surface area is 153 Å². The number of alkyl carbamates (subject to hydrolysis) is 1. The van der Waals surface area contributed by atoms with Crippen molar-refractivity contribution in [3.63, 3.8) is 0 Å². The summed E-state index contributed by atoms with van der Waals surface area (Å²) in [6.45, 7) is 5.62. The normalized spacial score (nSPS) is 11.6. The van der Waals surface area contributed by atoms with E-state index in [0.717, 1.165) is 12.1 Å². The molecule has 6 nitrogen and oxygen atoms in total. The lowest BCUT2D eigenvalue weighted by Crippen LogP contribution is -2.33. The van der Waals surface area contributed by atoms with E-state index in [1.807, 2.05) is 0 Å². The summed E-state index contributed by atoms with van der Waals surface area (Å²) in [7, 11) is 0. The summed E-state index contributed by atoms with van der Waals surface area (Å²) in [4.78, 5) is 23.2. The maximum Gasteiger partial charge on any atom is 0.573 e. The summed E-state index contributed by atoms with van der Waals surface area (Å²) < 4.78 is 45.0. The molecule has 26 heavy (non-hydrogen) atoms. The van der Waals surface area contributed by atoms with Gasteiger partial charge in [-0.2, -0.15) is 11.8 Å². The Morgan fingerprint density at radius 2 is 1.73 bits per heavy atom. The third-order valence-corrected chi connectivity index (χ3v) is 3.48. The largest absolute Gasteiger partial charge is 0.573 e. The fraction of sp³-hybridized carbons (Fsp3) is 0.500. The van der Waals surface area contributed by atoms with E-state index in [9.17, 15) is 22.8 Å². The summed E-state index contributed by atoms with van der Waals surface area (Å²) >= 11 is 1.30. The molecule has 146 valence electrons. The van der Waals surface area contributed by atoms with Crippen molar-refractivity contribution >= 4 is 29.4 Å². The topological polar surface area (TPSA) is 76.7 Å². The van der Waals surface area contributed by atoms with Gasteiger partial charge in [-0.15, -0.1) is 13.2 Å².